The van der Waals surface area contributed by atoms with Crippen molar-refractivity contribution in [2.75, 3.05) is 12.9 Å². The average Bonchev–Trinajstić information content (AvgIpc) is 3.22. The molecule has 10 heteroatoms. The number of rotatable bonds is 4. The Hall–Kier alpha value is -2.04. The van der Waals surface area contributed by atoms with Crippen molar-refractivity contribution in [1.29, 1.82) is 5.41 Å². The van der Waals surface area contributed by atoms with Crippen molar-refractivity contribution in [2.24, 2.45) is 0 Å². The molecule has 5 nitrogen and oxygen atoms in total. The van der Waals surface area contributed by atoms with E-state index in [0.717, 1.165) is 30.7 Å². The van der Waals surface area contributed by atoms with Gasteiger partial charge in [-0.05, 0) is 59.6 Å². The first kappa shape index (κ1) is 21.2. The van der Waals surface area contributed by atoms with Gasteiger partial charge in [0.15, 0.2) is 17.8 Å². The molecule has 0 radical (unpaired) electrons. The molecule has 1 aromatic heterocycles. The van der Waals surface area contributed by atoms with Gasteiger partial charge in [-0.15, -0.1) is 11.8 Å². The van der Waals surface area contributed by atoms with E-state index >= 15 is 4.39 Å². The summed E-state index contributed by atoms with van der Waals surface area (Å²) in [5.41, 5.74) is 0.00271. The fourth-order valence-electron chi connectivity index (χ4n) is 3.36. The molecule has 0 aliphatic carbocycles. The number of nitrogens with zero attached hydrogens (tertiary/aromatic N) is 2. The third kappa shape index (κ3) is 3.72. The smallest absolute Gasteiger partial charge is 0.204 e. The van der Waals surface area contributed by atoms with Crippen LogP contribution in [0, 0.1) is 22.9 Å². The maximum absolute atomic E-state index is 15.0. The van der Waals surface area contributed by atoms with Crippen LogP contribution in [0.15, 0.2) is 28.9 Å². The van der Waals surface area contributed by atoms with Crippen molar-refractivity contribution in [2.45, 2.75) is 25.5 Å². The Morgan fingerprint density at radius 3 is 2.80 bits per heavy atom. The first-order valence-electron chi connectivity index (χ1n) is 9.18. The maximum Gasteiger partial charge on any atom is 0.204 e. The molecule has 0 spiro atoms. The highest BCUT2D eigenvalue weighted by molar-refractivity contribution is 9.10. The van der Waals surface area contributed by atoms with Crippen molar-refractivity contribution in [1.82, 2.24) is 9.78 Å². The fraction of sp³-hybridized carbons (Fsp3) is 0.300. The molecule has 0 bridgehead atoms. The zero-order chi connectivity index (χ0) is 21.4. The van der Waals surface area contributed by atoms with Crippen molar-refractivity contribution in [3.05, 3.63) is 51.9 Å². The number of thioether (sulfide) groups is 1. The van der Waals surface area contributed by atoms with E-state index < -0.39 is 23.7 Å². The van der Waals surface area contributed by atoms with Gasteiger partial charge in [-0.1, -0.05) is 0 Å². The molecule has 158 valence electrons. The van der Waals surface area contributed by atoms with Gasteiger partial charge in [0.2, 0.25) is 5.82 Å². The molecule has 30 heavy (non-hydrogen) atoms. The van der Waals surface area contributed by atoms with Gasteiger partial charge in [-0.2, -0.15) is 9.49 Å². The Kier molecular flexibility index (Phi) is 6.08. The van der Waals surface area contributed by atoms with Crippen LogP contribution < -0.4 is 4.74 Å². The summed E-state index contributed by atoms with van der Waals surface area (Å²) in [4.78, 5) is 0. The highest BCUT2D eigenvalue weighted by Gasteiger charge is 2.27. The third-order valence-electron chi connectivity index (χ3n) is 4.87. The van der Waals surface area contributed by atoms with E-state index in [1.54, 1.807) is 6.26 Å². The number of hydrogen-bond acceptors (Lipinski definition) is 5. The number of hydrogen-bond donors (Lipinski definition) is 1. The van der Waals surface area contributed by atoms with Crippen LogP contribution in [0.25, 0.3) is 10.9 Å². The van der Waals surface area contributed by atoms with Gasteiger partial charge >= 0.3 is 0 Å². The Balaban J connectivity index is 1.77. The molecule has 1 unspecified atom stereocenters. The van der Waals surface area contributed by atoms with Crippen LogP contribution in [0.5, 0.6) is 11.5 Å². The van der Waals surface area contributed by atoms with Crippen molar-refractivity contribution in [3.8, 4) is 11.5 Å². The quantitative estimate of drug-likeness (QED) is 0.256. The molecule has 4 rings (SSSR count). The topological polar surface area (TPSA) is 60.1 Å². The number of fused-ring (bicyclic) bond motifs is 1. The number of benzene rings is 2. The molecule has 0 saturated carbocycles. The standard InChI is InChI=1S/C20H17BrF3N3O2S/c1-30-20(25)11-8-10(5-6-13(11)22)29-19-15(21)12-9-26-27(14-4-2-3-7-28-14)18(12)16(23)17(19)24/h5-6,8-9,14,25H,2-4,7H2,1H3. The van der Waals surface area contributed by atoms with Gasteiger partial charge in [0, 0.05) is 17.6 Å². The summed E-state index contributed by atoms with van der Waals surface area (Å²) in [5.74, 6) is -3.20. The summed E-state index contributed by atoms with van der Waals surface area (Å²) >= 11 is 4.35. The Bertz CT molecular complexity index is 1130. The lowest BCUT2D eigenvalue weighted by molar-refractivity contribution is -0.0369. The molecule has 2 aromatic carbocycles. The second-order valence-electron chi connectivity index (χ2n) is 6.72. The van der Waals surface area contributed by atoms with Gasteiger partial charge in [0.1, 0.15) is 17.1 Å². The first-order chi connectivity index (χ1) is 14.4. The Morgan fingerprint density at radius 1 is 1.30 bits per heavy atom. The second-order valence-corrected chi connectivity index (χ2v) is 8.33. The lowest BCUT2D eigenvalue weighted by atomic mass is 10.1. The Morgan fingerprint density at radius 2 is 2.10 bits per heavy atom. The molecule has 0 amide bonds. The SMILES string of the molecule is CSC(=N)c1cc(Oc2c(F)c(F)c3c(cnn3C3CCCCO3)c2Br)ccc1F. The molecular weight excluding hydrogens is 483 g/mol. The maximum atomic E-state index is 15.0. The van der Waals surface area contributed by atoms with Gasteiger partial charge < -0.3 is 9.47 Å². The van der Waals surface area contributed by atoms with Crippen LogP contribution in [0.4, 0.5) is 13.2 Å². The molecule has 1 saturated heterocycles. The minimum Gasteiger partial charge on any atom is -0.453 e. The number of nitrogens with one attached hydrogen (secondary N) is 1. The lowest BCUT2D eigenvalue weighted by Gasteiger charge is -2.23. The van der Waals surface area contributed by atoms with Gasteiger partial charge in [-0.25, -0.2) is 13.5 Å². The van der Waals surface area contributed by atoms with E-state index in [9.17, 15) is 8.78 Å². The van der Waals surface area contributed by atoms with Crippen LogP contribution in [0.3, 0.4) is 0 Å². The van der Waals surface area contributed by atoms with Crippen LogP contribution in [0.2, 0.25) is 0 Å². The lowest BCUT2D eigenvalue weighted by Crippen LogP contribution is -2.19. The third-order valence-corrected chi connectivity index (χ3v) is 6.28. The summed E-state index contributed by atoms with van der Waals surface area (Å²) in [5, 5.41) is 12.4. The first-order valence-corrected chi connectivity index (χ1v) is 11.2. The Labute approximate surface area is 183 Å². The summed E-state index contributed by atoms with van der Waals surface area (Å²) in [6.45, 7) is 0.538. The molecule has 2 heterocycles. The average molecular weight is 500 g/mol. The number of ether oxygens (including phenoxy) is 2. The second kappa shape index (κ2) is 8.60. The highest BCUT2D eigenvalue weighted by Crippen LogP contribution is 2.41. The highest BCUT2D eigenvalue weighted by atomic mass is 79.9. The van der Waals surface area contributed by atoms with E-state index in [2.05, 4.69) is 21.0 Å². The van der Waals surface area contributed by atoms with Gasteiger partial charge in [0.25, 0.3) is 0 Å². The molecule has 1 aliphatic rings. The molecule has 1 fully saturated rings. The number of halogens is 4. The molecular formula is C20H17BrF3N3O2S. The summed E-state index contributed by atoms with van der Waals surface area (Å²) in [6, 6.07) is 3.69. The van der Waals surface area contributed by atoms with Crippen LogP contribution in [0.1, 0.15) is 31.1 Å². The predicted octanol–water partition coefficient (Wildman–Crippen LogP) is 6.40. The number of aromatic nitrogens is 2. The summed E-state index contributed by atoms with van der Waals surface area (Å²) in [6.07, 6.45) is 5.10. The van der Waals surface area contributed by atoms with Gasteiger partial charge in [-0.3, -0.25) is 5.41 Å². The van der Waals surface area contributed by atoms with Crippen LogP contribution >= 0.6 is 27.7 Å². The minimum absolute atomic E-state index is 0.00659. The van der Waals surface area contributed by atoms with Crippen molar-refractivity contribution < 1.29 is 22.6 Å². The predicted molar refractivity (Wildman–Crippen MR) is 113 cm³/mol. The monoisotopic (exact) mass is 499 g/mol. The summed E-state index contributed by atoms with van der Waals surface area (Å²) in [7, 11) is 0. The van der Waals surface area contributed by atoms with E-state index in [-0.39, 0.29) is 32.1 Å². The zero-order valence-corrected chi connectivity index (χ0v) is 18.2. The van der Waals surface area contributed by atoms with Crippen molar-refractivity contribution in [3.63, 3.8) is 0 Å². The van der Waals surface area contributed by atoms with E-state index in [1.807, 2.05) is 0 Å². The van der Waals surface area contributed by atoms with Crippen molar-refractivity contribution >= 4 is 43.6 Å². The van der Waals surface area contributed by atoms with Crippen LogP contribution in [-0.2, 0) is 4.74 Å². The zero-order valence-electron chi connectivity index (χ0n) is 15.8. The molecule has 1 N–H and O–H groups in total. The largest absolute Gasteiger partial charge is 0.453 e. The molecule has 3 aromatic rings. The normalized spacial score (nSPS) is 16.8. The van der Waals surface area contributed by atoms with Crippen LogP contribution in [-0.4, -0.2) is 27.7 Å². The minimum atomic E-state index is -1.20. The fourth-order valence-corrected chi connectivity index (χ4v) is 4.28. The van der Waals surface area contributed by atoms with E-state index in [4.69, 9.17) is 14.9 Å². The molecule has 1 aliphatic heterocycles. The van der Waals surface area contributed by atoms with Gasteiger partial charge in [0.05, 0.1) is 15.7 Å². The van der Waals surface area contributed by atoms with E-state index in [1.165, 1.54) is 23.0 Å². The van der Waals surface area contributed by atoms with E-state index in [0.29, 0.717) is 18.4 Å². The molecule has 1 atom stereocenters. The summed E-state index contributed by atoms with van der Waals surface area (Å²) < 4.78 is 56.8.